The Hall–Kier alpha value is -5.00. The van der Waals surface area contributed by atoms with Crippen molar-refractivity contribution in [3.8, 4) is 11.5 Å². The number of carbonyl (C=O) groups is 3. The van der Waals surface area contributed by atoms with Crippen molar-refractivity contribution in [3.63, 3.8) is 0 Å². The second-order valence-electron chi connectivity index (χ2n) is 9.58. The van der Waals surface area contributed by atoms with Gasteiger partial charge in [0.15, 0.2) is 0 Å². The fourth-order valence-electron chi connectivity index (χ4n) is 3.83. The highest BCUT2D eigenvalue weighted by Gasteiger charge is 2.21. The molecular formula is C32H33F3N2O7. The summed E-state index contributed by atoms with van der Waals surface area (Å²) in [5.41, 5.74) is 13.3. The number of ether oxygens (including phenoxy) is 4. The Labute approximate surface area is 252 Å². The van der Waals surface area contributed by atoms with Crippen LogP contribution in [-0.4, -0.2) is 43.9 Å². The van der Waals surface area contributed by atoms with Crippen LogP contribution in [0.15, 0.2) is 72.8 Å². The van der Waals surface area contributed by atoms with Gasteiger partial charge in [-0.05, 0) is 79.1 Å². The predicted molar refractivity (Wildman–Crippen MR) is 158 cm³/mol. The number of rotatable bonds is 16. The zero-order valence-electron chi connectivity index (χ0n) is 23.8. The molecule has 1 atom stereocenters. The highest BCUT2D eigenvalue weighted by Crippen LogP contribution is 2.20. The van der Waals surface area contributed by atoms with Crippen molar-refractivity contribution >= 4 is 35.4 Å². The van der Waals surface area contributed by atoms with E-state index in [-0.39, 0.29) is 30.3 Å². The Morgan fingerprint density at radius 3 is 1.86 bits per heavy atom. The van der Waals surface area contributed by atoms with Gasteiger partial charge in [-0.25, -0.2) is 23.2 Å². The minimum Gasteiger partial charge on any atom is -0.463 e. The molecule has 3 aromatic rings. The summed E-state index contributed by atoms with van der Waals surface area (Å²) in [5.74, 6) is -1.58. The molecule has 234 valence electrons. The topological polar surface area (TPSA) is 140 Å². The molecule has 4 N–H and O–H groups in total. The normalized spacial score (nSPS) is 11.7. The zero-order chi connectivity index (χ0) is 31.9. The SMILES string of the molecule is Nc1cc(N)cc(C(=O)OCCCCCCCOC(=O)/C=C/c2ccc(OC(=O)c3ccc(OC(F)C(F)F)cc3)cc2)c1. The summed E-state index contributed by atoms with van der Waals surface area (Å²) in [4.78, 5) is 36.3. The molecule has 0 saturated carbocycles. The van der Waals surface area contributed by atoms with Crippen LogP contribution in [0.25, 0.3) is 6.08 Å². The number of halogens is 3. The zero-order valence-corrected chi connectivity index (χ0v) is 23.8. The number of nitrogen functional groups attached to an aromatic ring is 2. The molecule has 3 aromatic carbocycles. The van der Waals surface area contributed by atoms with Gasteiger partial charge in [0.2, 0.25) is 0 Å². The number of benzene rings is 3. The lowest BCUT2D eigenvalue weighted by Gasteiger charge is -2.10. The van der Waals surface area contributed by atoms with Gasteiger partial charge < -0.3 is 30.4 Å². The second kappa shape index (κ2) is 17.2. The quantitative estimate of drug-likeness (QED) is 0.0619. The fraction of sp³-hybridized carbons (Fsp3) is 0.281. The van der Waals surface area contributed by atoms with Crippen LogP contribution in [0, 0.1) is 0 Å². The minimum atomic E-state index is -3.29. The molecule has 0 bridgehead atoms. The standard InChI is InChI=1S/C32H33F3N2O7/c33-29(34)30(35)43-26-13-9-22(10-14-26)32(40)44-27-11-6-21(7-12-27)8-15-28(38)41-16-4-2-1-3-5-17-42-31(39)23-18-24(36)20-25(37)19-23/h6-15,18-20,29-30H,1-5,16-17,36-37H2/b15-8+. The summed E-state index contributed by atoms with van der Waals surface area (Å²) in [6.45, 7) is 0.564. The van der Waals surface area contributed by atoms with Crippen LogP contribution < -0.4 is 20.9 Å². The molecule has 0 aromatic heterocycles. The van der Waals surface area contributed by atoms with Crippen molar-refractivity contribution in [3.05, 3.63) is 89.5 Å². The molecule has 9 nitrogen and oxygen atoms in total. The monoisotopic (exact) mass is 614 g/mol. The van der Waals surface area contributed by atoms with Crippen LogP contribution in [0.4, 0.5) is 24.5 Å². The molecule has 0 fully saturated rings. The molecule has 0 radical (unpaired) electrons. The number of esters is 3. The van der Waals surface area contributed by atoms with E-state index in [4.69, 9.17) is 25.7 Å². The molecule has 0 aliphatic rings. The summed E-state index contributed by atoms with van der Waals surface area (Å²) in [6, 6.07) is 15.8. The van der Waals surface area contributed by atoms with Crippen molar-refractivity contribution in [2.75, 3.05) is 24.7 Å². The summed E-state index contributed by atoms with van der Waals surface area (Å²) in [6.07, 6.45) is 0.817. The number of anilines is 2. The van der Waals surface area contributed by atoms with Gasteiger partial charge >= 0.3 is 24.3 Å². The van der Waals surface area contributed by atoms with Crippen LogP contribution in [0.2, 0.25) is 0 Å². The fourth-order valence-corrected chi connectivity index (χ4v) is 3.83. The third-order valence-electron chi connectivity index (χ3n) is 6.02. The van der Waals surface area contributed by atoms with Gasteiger partial charge in [-0.15, -0.1) is 0 Å². The maximum atomic E-state index is 13.0. The molecule has 0 heterocycles. The van der Waals surface area contributed by atoms with Gasteiger partial charge in [-0.2, -0.15) is 4.39 Å². The van der Waals surface area contributed by atoms with Crippen molar-refractivity contribution < 1.29 is 46.5 Å². The minimum absolute atomic E-state index is 0.110. The first kappa shape index (κ1) is 33.5. The molecule has 12 heteroatoms. The summed E-state index contributed by atoms with van der Waals surface area (Å²) >= 11 is 0. The molecule has 0 aliphatic carbocycles. The first-order chi connectivity index (χ1) is 21.1. The predicted octanol–water partition coefficient (Wildman–Crippen LogP) is 6.37. The molecule has 1 unspecified atom stereocenters. The van der Waals surface area contributed by atoms with E-state index >= 15 is 0 Å². The molecule has 3 rings (SSSR count). The van der Waals surface area contributed by atoms with Gasteiger partial charge in [0.25, 0.3) is 6.36 Å². The highest BCUT2D eigenvalue weighted by atomic mass is 19.3. The van der Waals surface area contributed by atoms with E-state index in [9.17, 15) is 27.6 Å². The highest BCUT2D eigenvalue weighted by molar-refractivity contribution is 5.92. The van der Waals surface area contributed by atoms with E-state index in [1.54, 1.807) is 24.3 Å². The lowest BCUT2D eigenvalue weighted by atomic mass is 10.1. The third kappa shape index (κ3) is 11.7. The van der Waals surface area contributed by atoms with Crippen LogP contribution in [0.3, 0.4) is 0 Å². The van der Waals surface area contributed by atoms with Gasteiger partial charge in [0.05, 0.1) is 24.3 Å². The number of carbonyl (C=O) groups excluding carboxylic acids is 3. The average Bonchev–Trinajstić information content (AvgIpc) is 2.99. The third-order valence-corrected chi connectivity index (χ3v) is 6.02. The summed E-state index contributed by atoms with van der Waals surface area (Å²) < 4.78 is 57.6. The smallest absolute Gasteiger partial charge is 0.343 e. The maximum absolute atomic E-state index is 13.0. The Bertz CT molecular complexity index is 1390. The molecule has 0 amide bonds. The second-order valence-corrected chi connectivity index (χ2v) is 9.58. The Morgan fingerprint density at radius 2 is 1.25 bits per heavy atom. The first-order valence-corrected chi connectivity index (χ1v) is 13.8. The lowest BCUT2D eigenvalue weighted by Crippen LogP contribution is -2.19. The number of hydrogen-bond donors (Lipinski definition) is 2. The number of nitrogens with two attached hydrogens (primary N) is 2. The Balaban J connectivity index is 1.27. The number of unbranched alkanes of at least 4 members (excludes halogenated alkanes) is 4. The maximum Gasteiger partial charge on any atom is 0.343 e. The lowest BCUT2D eigenvalue weighted by molar-refractivity contribution is -0.137. The summed E-state index contributed by atoms with van der Waals surface area (Å²) in [7, 11) is 0. The van der Waals surface area contributed by atoms with Gasteiger partial charge in [0.1, 0.15) is 11.5 Å². The van der Waals surface area contributed by atoms with E-state index in [2.05, 4.69) is 4.74 Å². The van der Waals surface area contributed by atoms with Gasteiger partial charge in [0, 0.05) is 17.5 Å². The molecule has 0 saturated heterocycles. The van der Waals surface area contributed by atoms with Crippen molar-refractivity contribution in [1.29, 1.82) is 0 Å². The number of alkyl halides is 3. The molecule has 0 aliphatic heterocycles. The van der Waals surface area contributed by atoms with E-state index in [0.717, 1.165) is 19.3 Å². The molecular weight excluding hydrogens is 581 g/mol. The van der Waals surface area contributed by atoms with E-state index in [0.29, 0.717) is 35.3 Å². The average molecular weight is 615 g/mol. The van der Waals surface area contributed by atoms with Crippen molar-refractivity contribution in [1.82, 2.24) is 0 Å². The largest absolute Gasteiger partial charge is 0.463 e. The Morgan fingerprint density at radius 1 is 0.682 bits per heavy atom. The van der Waals surface area contributed by atoms with Gasteiger partial charge in [-0.3, -0.25) is 0 Å². The van der Waals surface area contributed by atoms with E-state index in [1.165, 1.54) is 54.6 Å². The van der Waals surface area contributed by atoms with Crippen molar-refractivity contribution in [2.24, 2.45) is 0 Å². The van der Waals surface area contributed by atoms with Crippen LogP contribution in [-0.2, 0) is 14.3 Å². The molecule has 44 heavy (non-hydrogen) atoms. The van der Waals surface area contributed by atoms with E-state index < -0.39 is 30.7 Å². The van der Waals surface area contributed by atoms with E-state index in [1.807, 2.05) is 0 Å². The first-order valence-electron chi connectivity index (χ1n) is 13.8. The number of hydrogen-bond acceptors (Lipinski definition) is 9. The molecule has 0 spiro atoms. The van der Waals surface area contributed by atoms with Crippen LogP contribution >= 0.6 is 0 Å². The Kier molecular flexibility index (Phi) is 13.1. The van der Waals surface area contributed by atoms with Crippen LogP contribution in [0.1, 0.15) is 58.4 Å². The van der Waals surface area contributed by atoms with Crippen LogP contribution in [0.5, 0.6) is 11.5 Å². The van der Waals surface area contributed by atoms with Crippen molar-refractivity contribution in [2.45, 2.75) is 44.9 Å². The summed E-state index contributed by atoms with van der Waals surface area (Å²) in [5, 5.41) is 0. The van der Waals surface area contributed by atoms with Gasteiger partial charge in [-0.1, -0.05) is 31.4 Å².